The van der Waals surface area contributed by atoms with Crippen LogP contribution in [0.25, 0.3) is 21.9 Å². The first-order valence-electron chi connectivity index (χ1n) is 9.86. The molecule has 2 aliphatic rings. The normalized spacial score (nSPS) is 16.1. The Balaban J connectivity index is 1.58. The third-order valence-corrected chi connectivity index (χ3v) is 6.10. The summed E-state index contributed by atoms with van der Waals surface area (Å²) in [6.45, 7) is 1.20. The van der Waals surface area contributed by atoms with Crippen molar-refractivity contribution in [2.75, 3.05) is 37.9 Å². The standard InChI is InChI=1S/C23H22N4O3/c1-26-20-6-4-13(7-15(20)9-21(26)28)19-10-25-22(24)17-5-3-14(8-18(17)19)23(29)27-11-16(12-27)30-2/h3-8,10,16H,9,11-12H2,1-2H3,(H2,24,25). The van der Waals surface area contributed by atoms with Crippen LogP contribution in [0.3, 0.4) is 0 Å². The average Bonchev–Trinajstić information content (AvgIpc) is 3.00. The number of aromatic nitrogens is 1. The molecule has 30 heavy (non-hydrogen) atoms. The van der Waals surface area contributed by atoms with Crippen LogP contribution < -0.4 is 10.6 Å². The molecule has 5 rings (SSSR count). The number of anilines is 2. The van der Waals surface area contributed by atoms with Crippen molar-refractivity contribution in [3.05, 3.63) is 53.7 Å². The Kier molecular flexibility index (Phi) is 4.22. The minimum atomic E-state index is -0.0206. The minimum Gasteiger partial charge on any atom is -0.383 e. The number of ether oxygens (including phenoxy) is 1. The van der Waals surface area contributed by atoms with Crippen molar-refractivity contribution in [3.8, 4) is 11.1 Å². The summed E-state index contributed by atoms with van der Waals surface area (Å²) in [5.41, 5.74) is 10.5. The molecule has 0 aliphatic carbocycles. The number of carbonyl (C=O) groups excluding carboxylic acids is 2. The molecule has 0 spiro atoms. The molecule has 3 heterocycles. The highest BCUT2D eigenvalue weighted by atomic mass is 16.5. The fourth-order valence-corrected chi connectivity index (χ4v) is 4.20. The molecule has 152 valence electrons. The first-order valence-corrected chi connectivity index (χ1v) is 9.86. The summed E-state index contributed by atoms with van der Waals surface area (Å²) in [4.78, 5) is 32.7. The van der Waals surface area contributed by atoms with E-state index in [-0.39, 0.29) is 17.9 Å². The van der Waals surface area contributed by atoms with Gasteiger partial charge in [0.05, 0.1) is 12.5 Å². The third kappa shape index (κ3) is 2.81. The number of pyridine rings is 1. The van der Waals surface area contributed by atoms with Crippen molar-refractivity contribution in [3.63, 3.8) is 0 Å². The molecule has 2 amide bonds. The number of nitrogen functional groups attached to an aromatic ring is 1. The average molecular weight is 402 g/mol. The van der Waals surface area contributed by atoms with Gasteiger partial charge in [-0.1, -0.05) is 6.07 Å². The molecule has 0 saturated carbocycles. The van der Waals surface area contributed by atoms with Crippen LogP contribution in [0.1, 0.15) is 15.9 Å². The van der Waals surface area contributed by atoms with Gasteiger partial charge in [-0.15, -0.1) is 0 Å². The molecule has 3 aromatic rings. The van der Waals surface area contributed by atoms with Gasteiger partial charge in [0, 0.05) is 55.6 Å². The van der Waals surface area contributed by atoms with Gasteiger partial charge in [-0.25, -0.2) is 4.98 Å². The highest BCUT2D eigenvalue weighted by Crippen LogP contribution is 2.36. The van der Waals surface area contributed by atoms with Crippen LogP contribution >= 0.6 is 0 Å². The molecule has 0 atom stereocenters. The van der Waals surface area contributed by atoms with E-state index in [4.69, 9.17) is 10.5 Å². The Morgan fingerprint density at radius 2 is 1.97 bits per heavy atom. The second-order valence-corrected chi connectivity index (χ2v) is 7.86. The van der Waals surface area contributed by atoms with E-state index in [0.29, 0.717) is 30.9 Å². The molecular formula is C23H22N4O3. The zero-order valence-electron chi connectivity index (χ0n) is 16.9. The Hall–Kier alpha value is -3.45. The number of likely N-dealkylation sites (N-methyl/N-ethyl adjacent to an activating group) is 1. The number of hydrogen-bond donors (Lipinski definition) is 1. The summed E-state index contributed by atoms with van der Waals surface area (Å²) in [6, 6.07) is 11.5. The molecule has 1 saturated heterocycles. The van der Waals surface area contributed by atoms with Crippen molar-refractivity contribution in [2.24, 2.45) is 0 Å². The van der Waals surface area contributed by atoms with Gasteiger partial charge in [0.25, 0.3) is 5.91 Å². The molecule has 2 aromatic carbocycles. The van der Waals surface area contributed by atoms with Crippen molar-refractivity contribution in [1.29, 1.82) is 0 Å². The third-order valence-electron chi connectivity index (χ3n) is 6.10. The van der Waals surface area contributed by atoms with E-state index in [1.165, 1.54) is 0 Å². The fraction of sp³-hybridized carbons (Fsp3) is 0.261. The molecular weight excluding hydrogens is 380 g/mol. The topological polar surface area (TPSA) is 88.8 Å². The van der Waals surface area contributed by atoms with E-state index in [1.54, 1.807) is 36.2 Å². The lowest BCUT2D eigenvalue weighted by atomic mass is 9.96. The summed E-state index contributed by atoms with van der Waals surface area (Å²) >= 11 is 0. The second-order valence-electron chi connectivity index (χ2n) is 7.86. The van der Waals surface area contributed by atoms with E-state index in [0.717, 1.165) is 33.2 Å². The number of fused-ring (bicyclic) bond motifs is 2. The number of amides is 2. The maximum atomic E-state index is 12.9. The number of likely N-dealkylation sites (tertiary alicyclic amines) is 1. The lowest BCUT2D eigenvalue weighted by Crippen LogP contribution is -2.54. The Bertz CT molecular complexity index is 1200. The van der Waals surface area contributed by atoms with Crippen LogP contribution in [0.5, 0.6) is 0 Å². The summed E-state index contributed by atoms with van der Waals surface area (Å²) in [7, 11) is 3.45. The first kappa shape index (κ1) is 18.6. The van der Waals surface area contributed by atoms with E-state index >= 15 is 0 Å². The van der Waals surface area contributed by atoms with Gasteiger partial charge in [-0.2, -0.15) is 0 Å². The number of nitrogens with zero attached hydrogens (tertiary/aromatic N) is 3. The van der Waals surface area contributed by atoms with E-state index in [1.807, 2.05) is 30.3 Å². The molecule has 0 radical (unpaired) electrons. The molecule has 0 unspecified atom stereocenters. The summed E-state index contributed by atoms with van der Waals surface area (Å²) in [6.07, 6.45) is 2.23. The van der Waals surface area contributed by atoms with E-state index in [9.17, 15) is 9.59 Å². The van der Waals surface area contributed by atoms with Crippen molar-refractivity contribution in [2.45, 2.75) is 12.5 Å². The van der Waals surface area contributed by atoms with Crippen LogP contribution in [0.15, 0.2) is 42.6 Å². The van der Waals surface area contributed by atoms with Crippen molar-refractivity contribution in [1.82, 2.24) is 9.88 Å². The predicted octanol–water partition coefficient (Wildman–Crippen LogP) is 2.47. The minimum absolute atomic E-state index is 0.0206. The highest BCUT2D eigenvalue weighted by molar-refractivity contribution is 6.07. The van der Waals surface area contributed by atoms with Crippen molar-refractivity contribution >= 4 is 34.1 Å². The van der Waals surface area contributed by atoms with Crippen molar-refractivity contribution < 1.29 is 14.3 Å². The van der Waals surface area contributed by atoms with Crippen LogP contribution in [-0.4, -0.2) is 55.0 Å². The molecule has 2 aliphatic heterocycles. The lowest BCUT2D eigenvalue weighted by Gasteiger charge is -2.38. The largest absolute Gasteiger partial charge is 0.383 e. The highest BCUT2D eigenvalue weighted by Gasteiger charge is 2.31. The summed E-state index contributed by atoms with van der Waals surface area (Å²) in [5.74, 6) is 0.485. The molecule has 1 fully saturated rings. The molecule has 0 bridgehead atoms. The zero-order valence-corrected chi connectivity index (χ0v) is 16.9. The van der Waals surface area contributed by atoms with Gasteiger partial charge in [-0.05, 0) is 46.8 Å². The Morgan fingerprint density at radius 1 is 1.17 bits per heavy atom. The number of methoxy groups -OCH3 is 1. The smallest absolute Gasteiger partial charge is 0.254 e. The molecule has 1 aromatic heterocycles. The number of rotatable bonds is 3. The first-order chi connectivity index (χ1) is 14.5. The Morgan fingerprint density at radius 3 is 2.73 bits per heavy atom. The molecule has 7 nitrogen and oxygen atoms in total. The zero-order chi connectivity index (χ0) is 21.0. The second kappa shape index (κ2) is 6.81. The maximum Gasteiger partial charge on any atom is 0.254 e. The lowest BCUT2D eigenvalue weighted by molar-refractivity contribution is -0.117. The van der Waals surface area contributed by atoms with Gasteiger partial charge in [-0.3, -0.25) is 9.59 Å². The van der Waals surface area contributed by atoms with Crippen LogP contribution in [0.2, 0.25) is 0 Å². The quantitative estimate of drug-likeness (QED) is 0.727. The fourth-order valence-electron chi connectivity index (χ4n) is 4.20. The summed E-state index contributed by atoms with van der Waals surface area (Å²) < 4.78 is 5.27. The number of nitrogens with two attached hydrogens (primary N) is 1. The SMILES string of the molecule is COC1CN(C(=O)c2ccc3c(N)ncc(-c4ccc5c(c4)CC(=O)N5C)c3c2)C1. The van der Waals surface area contributed by atoms with Crippen LogP contribution in [0, 0.1) is 0 Å². The van der Waals surface area contributed by atoms with Gasteiger partial charge >= 0.3 is 0 Å². The van der Waals surface area contributed by atoms with Gasteiger partial charge < -0.3 is 20.3 Å². The maximum absolute atomic E-state index is 12.9. The Labute approximate surface area is 174 Å². The van der Waals surface area contributed by atoms with Gasteiger partial charge in [0.2, 0.25) is 5.91 Å². The van der Waals surface area contributed by atoms with E-state index < -0.39 is 0 Å². The van der Waals surface area contributed by atoms with E-state index in [2.05, 4.69) is 4.98 Å². The predicted molar refractivity (Wildman–Crippen MR) is 115 cm³/mol. The number of benzene rings is 2. The van der Waals surface area contributed by atoms with Crippen LogP contribution in [-0.2, 0) is 16.0 Å². The molecule has 2 N–H and O–H groups in total. The monoisotopic (exact) mass is 402 g/mol. The van der Waals surface area contributed by atoms with Crippen LogP contribution in [0.4, 0.5) is 11.5 Å². The molecule has 7 heteroatoms. The van der Waals surface area contributed by atoms with Gasteiger partial charge in [0.15, 0.2) is 0 Å². The number of hydrogen-bond acceptors (Lipinski definition) is 5. The number of carbonyl (C=O) groups is 2. The summed E-state index contributed by atoms with van der Waals surface area (Å²) in [5, 5.41) is 1.67. The van der Waals surface area contributed by atoms with Gasteiger partial charge in [0.1, 0.15) is 5.82 Å².